The van der Waals surface area contributed by atoms with Gasteiger partial charge in [0.05, 0.1) is 36.4 Å². The molecule has 0 bridgehead atoms. The van der Waals surface area contributed by atoms with Crippen LogP contribution in [0.2, 0.25) is 0 Å². The van der Waals surface area contributed by atoms with E-state index in [-0.39, 0.29) is 43.7 Å². The van der Waals surface area contributed by atoms with E-state index in [0.717, 1.165) is 27.2 Å². The summed E-state index contributed by atoms with van der Waals surface area (Å²) in [5.41, 5.74) is 14.7. The molecule has 0 unspecified atom stereocenters. The fourth-order valence-corrected chi connectivity index (χ4v) is 10.4. The Labute approximate surface area is 431 Å². The van der Waals surface area contributed by atoms with Crippen molar-refractivity contribution in [2.45, 2.75) is 120 Å². The normalized spacial score (nSPS) is 22.5. The molecule has 1 saturated heterocycles. The van der Waals surface area contributed by atoms with E-state index >= 15 is 0 Å². The first kappa shape index (κ1) is 57.8. The van der Waals surface area contributed by atoms with Crippen molar-refractivity contribution >= 4 is 73.8 Å². The molecule has 2 heterocycles. The number of para-hydroxylation sites is 1. The molecule has 0 radical (unpaired) electrons. The molecule has 21 nitrogen and oxygen atoms in total. The van der Waals surface area contributed by atoms with Gasteiger partial charge in [0.25, 0.3) is 0 Å². The molecule has 3 aromatic carbocycles. The lowest BCUT2D eigenvalue weighted by atomic mass is 10.0. The number of fused-ring (bicyclic) bond motifs is 1. The molecule has 5 rings (SSSR count). The summed E-state index contributed by atoms with van der Waals surface area (Å²) >= 11 is 0. The molecular weight excluding hydrogens is 981 g/mol. The zero-order valence-electron chi connectivity index (χ0n) is 40.8. The van der Waals surface area contributed by atoms with E-state index < -0.39 is 115 Å². The second kappa shape index (κ2) is 29.0. The van der Waals surface area contributed by atoms with Crippen molar-refractivity contribution in [1.82, 2.24) is 41.8 Å². The van der Waals surface area contributed by atoms with E-state index in [4.69, 9.17) is 11.5 Å². The van der Waals surface area contributed by atoms with Gasteiger partial charge in [0, 0.05) is 35.9 Å². The molecule has 4 aromatic rings. The molecule has 1 aromatic heterocycles. The minimum atomic E-state index is -1.69. The maximum atomic E-state index is 14.8. The molecule has 10 atom stereocenters. The maximum absolute atomic E-state index is 14.8. The zero-order valence-corrected chi connectivity index (χ0v) is 42.4. The molecule has 23 heteroatoms. The predicted octanol–water partition coefficient (Wildman–Crippen LogP) is -1.38. The lowest BCUT2D eigenvalue weighted by Crippen LogP contribution is -2.62. The average molecular weight is 1050 g/mol. The van der Waals surface area contributed by atoms with Crippen LogP contribution in [0, 0.1) is 0 Å². The van der Waals surface area contributed by atoms with Crippen LogP contribution in [0.1, 0.15) is 49.8 Å². The van der Waals surface area contributed by atoms with Crippen LogP contribution < -0.4 is 48.7 Å². The van der Waals surface area contributed by atoms with Crippen LogP contribution in [-0.4, -0.2) is 152 Å². The lowest BCUT2D eigenvalue weighted by Gasteiger charge is -2.29. The highest BCUT2D eigenvalue weighted by molar-refractivity contribution is 8.76. The number of hydrogen-bond donors (Lipinski definition) is 13. The fraction of sp³-hybridized carbons (Fsp3) is 0.460. The van der Waals surface area contributed by atoms with Gasteiger partial charge in [-0.15, -0.1) is 0 Å². The van der Waals surface area contributed by atoms with Crippen LogP contribution in [0.5, 0.6) is 0 Å². The van der Waals surface area contributed by atoms with Crippen LogP contribution in [0.3, 0.4) is 0 Å². The van der Waals surface area contributed by atoms with E-state index in [1.807, 2.05) is 6.07 Å². The number of unbranched alkanes of at least 4 members (excludes halogenated alkanes) is 1. The van der Waals surface area contributed by atoms with Crippen LogP contribution in [0.15, 0.2) is 91.1 Å². The van der Waals surface area contributed by atoms with Gasteiger partial charge in [0.2, 0.25) is 41.4 Å². The van der Waals surface area contributed by atoms with E-state index in [9.17, 15) is 54.0 Å². The van der Waals surface area contributed by atoms with Crippen LogP contribution in [0.25, 0.3) is 10.9 Å². The number of aromatic nitrogens is 1. The van der Waals surface area contributed by atoms with Gasteiger partial charge in [-0.3, -0.25) is 33.6 Å². The highest BCUT2D eigenvalue weighted by atomic mass is 33.1. The Morgan fingerprint density at radius 2 is 1.32 bits per heavy atom. The van der Waals surface area contributed by atoms with Gasteiger partial charge in [0.1, 0.15) is 43.0 Å². The van der Waals surface area contributed by atoms with Crippen molar-refractivity contribution < 1.29 is 54.0 Å². The van der Waals surface area contributed by atoms with Crippen molar-refractivity contribution in [1.29, 1.82) is 0 Å². The van der Waals surface area contributed by atoms with Crippen molar-refractivity contribution in [2.24, 2.45) is 11.5 Å². The van der Waals surface area contributed by atoms with Crippen molar-refractivity contribution in [3.63, 3.8) is 0 Å². The Balaban J connectivity index is 1.59. The number of nitrogens with zero attached hydrogens (tertiary/aromatic N) is 1. The number of nitrogens with one attached hydrogen (secondary N) is 7. The average Bonchev–Trinajstić information content (AvgIpc) is 3.73. The van der Waals surface area contributed by atoms with E-state index in [1.54, 1.807) is 89.6 Å². The SMILES string of the molecule is C[C@@H](O)[C@@H]1NC(=O)[C@H](CCCCN)NC(=O)[C@@H](Cc2cn(CO)c3ccccc23)NC(=O)[C@H](Cc2ccccc2)NC(=O)[C@H](NC(=O)[C@H](N)Cc2ccccc2)CSSC[C@@H](C(=O)N[C@H](CO)[C@@H](C)O)NC1=O. The number of amides is 7. The number of nitrogens with two attached hydrogens (primary N) is 2. The largest absolute Gasteiger partial charge is 0.394 e. The summed E-state index contributed by atoms with van der Waals surface area (Å²) in [6.45, 7) is 1.77. The molecule has 0 spiro atoms. The highest BCUT2D eigenvalue weighted by Gasteiger charge is 2.36. The summed E-state index contributed by atoms with van der Waals surface area (Å²) in [5.74, 6) is -6.23. The number of aliphatic hydroxyl groups excluding tert-OH is 4. The number of benzene rings is 3. The summed E-state index contributed by atoms with van der Waals surface area (Å²) in [5, 5.41) is 60.6. The predicted molar refractivity (Wildman–Crippen MR) is 278 cm³/mol. The first-order valence-electron chi connectivity index (χ1n) is 24.1. The number of hydrogen-bond acceptors (Lipinski definition) is 15. The summed E-state index contributed by atoms with van der Waals surface area (Å²) in [6.07, 6.45) is -0.475. The summed E-state index contributed by atoms with van der Waals surface area (Å²) < 4.78 is 1.56. The highest BCUT2D eigenvalue weighted by Crippen LogP contribution is 2.25. The maximum Gasteiger partial charge on any atom is 0.245 e. The molecule has 1 aliphatic rings. The fourth-order valence-electron chi connectivity index (χ4n) is 8.03. The number of rotatable bonds is 18. The number of carbonyl (C=O) groups excluding carboxylic acids is 7. The van der Waals surface area contributed by atoms with E-state index in [1.165, 1.54) is 13.8 Å². The standard InChI is InChI=1S/C50H68N10O11S2/c1-29(63)39(25-61)56-49(70)41-27-73-72-26-40(57-44(65)35(52)21-31-13-5-3-6-14-31)48(69)54-37(22-32-15-7-4-8-16-32)46(67)55-38(23-33-24-60(28-62)42-19-10-9-17-34(33)42)47(68)53-36(18-11-12-20-51)45(66)59-43(30(2)64)50(71)58-41/h3-10,13-17,19,24,29-30,35-41,43,61-64H,11-12,18,20-23,25-28,51-52H2,1-2H3,(H,53,68)(H,54,69)(H,55,67)(H,56,70)(H,57,65)(H,58,71)(H,59,66)/t29-,30-,35-,36+,37+,38-,39-,40-,41+,43+/m1/s1. The van der Waals surface area contributed by atoms with Crippen LogP contribution >= 0.6 is 21.6 Å². The molecule has 1 aliphatic heterocycles. The Kier molecular flexibility index (Phi) is 23.0. The molecular formula is C50H68N10O11S2. The number of carbonyl (C=O) groups is 7. The molecule has 0 saturated carbocycles. The molecule has 73 heavy (non-hydrogen) atoms. The van der Waals surface area contributed by atoms with Gasteiger partial charge in [-0.25, -0.2) is 0 Å². The number of aliphatic hydroxyl groups is 4. The summed E-state index contributed by atoms with van der Waals surface area (Å²) in [7, 11) is 2.03. The van der Waals surface area contributed by atoms with Crippen LogP contribution in [0.4, 0.5) is 0 Å². The van der Waals surface area contributed by atoms with Gasteiger partial charge in [0.15, 0.2) is 0 Å². The van der Waals surface area contributed by atoms with E-state index in [2.05, 4.69) is 37.2 Å². The molecule has 7 amide bonds. The van der Waals surface area contributed by atoms with Gasteiger partial charge in [-0.1, -0.05) is 100 Å². The third-order valence-corrected chi connectivity index (χ3v) is 14.6. The lowest BCUT2D eigenvalue weighted by molar-refractivity contribution is -0.136. The smallest absolute Gasteiger partial charge is 0.245 e. The molecule has 15 N–H and O–H groups in total. The van der Waals surface area contributed by atoms with Gasteiger partial charge in [-0.2, -0.15) is 0 Å². The first-order valence-corrected chi connectivity index (χ1v) is 26.6. The topological polar surface area (TPSA) is 342 Å². The summed E-state index contributed by atoms with van der Waals surface area (Å²) in [6, 6.07) is 14.0. The third-order valence-electron chi connectivity index (χ3n) is 12.2. The zero-order chi connectivity index (χ0) is 53.0. The quantitative estimate of drug-likeness (QED) is 0.0404. The first-order chi connectivity index (χ1) is 35.0. The minimum absolute atomic E-state index is 0.00297. The Morgan fingerprint density at radius 1 is 0.726 bits per heavy atom. The van der Waals surface area contributed by atoms with E-state index in [0.29, 0.717) is 34.9 Å². The van der Waals surface area contributed by atoms with Crippen molar-refractivity contribution in [3.05, 3.63) is 108 Å². The Bertz CT molecular complexity index is 2470. The molecule has 396 valence electrons. The third kappa shape index (κ3) is 17.3. The Morgan fingerprint density at radius 3 is 1.95 bits per heavy atom. The van der Waals surface area contributed by atoms with Gasteiger partial charge >= 0.3 is 0 Å². The van der Waals surface area contributed by atoms with Gasteiger partial charge in [-0.05, 0) is 68.8 Å². The molecule has 1 fully saturated rings. The monoisotopic (exact) mass is 1050 g/mol. The second-order valence-electron chi connectivity index (χ2n) is 17.9. The Hall–Kier alpha value is -6.05. The van der Waals surface area contributed by atoms with Gasteiger partial charge < -0.3 is 73.7 Å². The summed E-state index contributed by atoms with van der Waals surface area (Å²) in [4.78, 5) is 100.0. The van der Waals surface area contributed by atoms with Crippen molar-refractivity contribution in [3.8, 4) is 0 Å². The van der Waals surface area contributed by atoms with Crippen LogP contribution in [-0.2, 0) is 59.6 Å². The second-order valence-corrected chi connectivity index (χ2v) is 20.4. The van der Waals surface area contributed by atoms with Crippen molar-refractivity contribution in [2.75, 3.05) is 24.7 Å². The minimum Gasteiger partial charge on any atom is -0.394 e. The molecule has 0 aliphatic carbocycles.